The highest BCUT2D eigenvalue weighted by atomic mass is 16.6. The van der Waals surface area contributed by atoms with Crippen LogP contribution >= 0.6 is 0 Å². The molecule has 2 heterocycles. The number of rotatable bonds is 1. The van der Waals surface area contributed by atoms with E-state index in [1.807, 2.05) is 11.0 Å². The first-order valence-corrected chi connectivity index (χ1v) is 5.45. The molecule has 1 fully saturated rings. The van der Waals surface area contributed by atoms with Crippen molar-refractivity contribution in [2.75, 3.05) is 6.61 Å². The molecule has 3 heteroatoms. The van der Waals surface area contributed by atoms with E-state index in [-0.39, 0.29) is 12.1 Å². The standard InChI is InChI=1S/C13H13NO2/c1-2-9-3-4-10-6-12-8-16-13(15)14(12)7-11(10)5-9/h2-5,12H,1,6-8H2/t12-/m0/s1. The number of nitrogens with zero attached hydrogens (tertiary/aromatic N) is 1. The SMILES string of the molecule is C=Cc1ccc2c(c1)CN1C(=O)OC[C@@H]1C2. The second-order valence-electron chi connectivity index (χ2n) is 4.30. The highest BCUT2D eigenvalue weighted by Crippen LogP contribution is 2.28. The molecule has 0 bridgehead atoms. The van der Waals surface area contributed by atoms with Crippen molar-refractivity contribution in [2.45, 2.75) is 19.0 Å². The summed E-state index contributed by atoms with van der Waals surface area (Å²) in [6.45, 7) is 4.95. The van der Waals surface area contributed by atoms with Crippen molar-refractivity contribution < 1.29 is 9.53 Å². The van der Waals surface area contributed by atoms with E-state index in [0.717, 1.165) is 12.0 Å². The predicted molar refractivity (Wildman–Crippen MR) is 60.9 cm³/mol. The summed E-state index contributed by atoms with van der Waals surface area (Å²) < 4.78 is 5.05. The van der Waals surface area contributed by atoms with Gasteiger partial charge >= 0.3 is 6.09 Å². The van der Waals surface area contributed by atoms with Crippen molar-refractivity contribution >= 4 is 12.2 Å². The summed E-state index contributed by atoms with van der Waals surface area (Å²) in [4.78, 5) is 13.3. The molecule has 1 aromatic carbocycles. The van der Waals surface area contributed by atoms with Gasteiger partial charge in [0.15, 0.2) is 0 Å². The summed E-state index contributed by atoms with van der Waals surface area (Å²) >= 11 is 0. The third-order valence-electron chi connectivity index (χ3n) is 3.34. The van der Waals surface area contributed by atoms with Crippen molar-refractivity contribution in [3.05, 3.63) is 41.5 Å². The lowest BCUT2D eigenvalue weighted by atomic mass is 9.93. The third kappa shape index (κ3) is 1.32. The Labute approximate surface area is 94.3 Å². The molecule has 0 aliphatic carbocycles. The molecule has 0 N–H and O–H groups in total. The van der Waals surface area contributed by atoms with Crippen molar-refractivity contribution in [2.24, 2.45) is 0 Å². The van der Waals surface area contributed by atoms with Gasteiger partial charge in [-0.1, -0.05) is 24.8 Å². The van der Waals surface area contributed by atoms with Crippen LogP contribution in [0.5, 0.6) is 0 Å². The van der Waals surface area contributed by atoms with E-state index < -0.39 is 0 Å². The Morgan fingerprint density at radius 1 is 1.44 bits per heavy atom. The molecule has 1 atom stereocenters. The largest absolute Gasteiger partial charge is 0.447 e. The Kier molecular flexibility index (Phi) is 1.99. The number of hydrogen-bond donors (Lipinski definition) is 0. The number of amides is 1. The molecule has 1 amide bonds. The summed E-state index contributed by atoms with van der Waals surface area (Å²) in [5.74, 6) is 0. The summed E-state index contributed by atoms with van der Waals surface area (Å²) in [5.41, 5.74) is 3.64. The third-order valence-corrected chi connectivity index (χ3v) is 3.34. The minimum atomic E-state index is -0.181. The smallest absolute Gasteiger partial charge is 0.410 e. The minimum Gasteiger partial charge on any atom is -0.447 e. The summed E-state index contributed by atoms with van der Waals surface area (Å²) in [5, 5.41) is 0. The van der Waals surface area contributed by atoms with Gasteiger partial charge < -0.3 is 4.74 Å². The van der Waals surface area contributed by atoms with Crippen molar-refractivity contribution in [3.63, 3.8) is 0 Å². The molecule has 0 aromatic heterocycles. The van der Waals surface area contributed by atoms with Gasteiger partial charge in [0, 0.05) is 6.54 Å². The molecule has 16 heavy (non-hydrogen) atoms. The number of fused-ring (bicyclic) bond motifs is 2. The van der Waals surface area contributed by atoms with Crippen molar-refractivity contribution in [3.8, 4) is 0 Å². The lowest BCUT2D eigenvalue weighted by Crippen LogP contribution is -2.38. The fourth-order valence-corrected chi connectivity index (χ4v) is 2.41. The van der Waals surface area contributed by atoms with Crippen molar-refractivity contribution in [1.82, 2.24) is 4.90 Å². The van der Waals surface area contributed by atoms with Gasteiger partial charge in [-0.25, -0.2) is 4.79 Å². The van der Waals surface area contributed by atoms with E-state index >= 15 is 0 Å². The zero-order valence-corrected chi connectivity index (χ0v) is 8.98. The first kappa shape index (κ1) is 9.46. The van der Waals surface area contributed by atoms with Crippen molar-refractivity contribution in [1.29, 1.82) is 0 Å². The van der Waals surface area contributed by atoms with E-state index in [9.17, 15) is 4.79 Å². The molecule has 1 aromatic rings. The molecule has 82 valence electrons. The minimum absolute atomic E-state index is 0.181. The maximum atomic E-state index is 11.5. The second kappa shape index (κ2) is 3.37. The van der Waals surface area contributed by atoms with Gasteiger partial charge in [-0.2, -0.15) is 0 Å². The van der Waals surface area contributed by atoms with Crippen LogP contribution in [0.25, 0.3) is 6.08 Å². The lowest BCUT2D eigenvalue weighted by molar-refractivity contribution is 0.155. The number of hydrogen-bond acceptors (Lipinski definition) is 2. The first-order valence-electron chi connectivity index (χ1n) is 5.45. The molecule has 0 saturated carbocycles. The number of carbonyl (C=O) groups is 1. The summed E-state index contributed by atoms with van der Waals surface area (Å²) in [6.07, 6.45) is 2.55. The maximum absolute atomic E-state index is 11.5. The Balaban J connectivity index is 1.98. The van der Waals surface area contributed by atoms with Gasteiger partial charge in [0.25, 0.3) is 0 Å². The highest BCUT2D eigenvalue weighted by Gasteiger charge is 2.36. The quantitative estimate of drug-likeness (QED) is 0.718. The Morgan fingerprint density at radius 2 is 2.31 bits per heavy atom. The number of ether oxygens (including phenoxy) is 1. The summed E-state index contributed by atoms with van der Waals surface area (Å²) in [6, 6.07) is 6.53. The Hall–Kier alpha value is -1.77. The molecular weight excluding hydrogens is 202 g/mol. The van der Waals surface area contributed by atoms with E-state index in [2.05, 4.69) is 24.8 Å². The van der Waals surface area contributed by atoms with Crippen LogP contribution in [0, 0.1) is 0 Å². The van der Waals surface area contributed by atoms with Gasteiger partial charge in [-0.3, -0.25) is 4.90 Å². The zero-order chi connectivity index (χ0) is 11.1. The first-order chi connectivity index (χ1) is 7.78. The zero-order valence-electron chi connectivity index (χ0n) is 8.98. The molecule has 3 nitrogen and oxygen atoms in total. The highest BCUT2D eigenvalue weighted by molar-refractivity contribution is 5.71. The van der Waals surface area contributed by atoms with Gasteiger partial charge in [0.2, 0.25) is 0 Å². The molecule has 1 saturated heterocycles. The van der Waals surface area contributed by atoms with E-state index in [0.29, 0.717) is 13.2 Å². The van der Waals surface area contributed by atoms with Crippen LogP contribution in [0.1, 0.15) is 16.7 Å². The van der Waals surface area contributed by atoms with Crippen LogP contribution in [0.2, 0.25) is 0 Å². The van der Waals surface area contributed by atoms with E-state index in [4.69, 9.17) is 4.74 Å². The molecule has 3 rings (SSSR count). The van der Waals surface area contributed by atoms with Crippen LogP contribution in [0.15, 0.2) is 24.8 Å². The maximum Gasteiger partial charge on any atom is 0.410 e. The fourth-order valence-electron chi connectivity index (χ4n) is 2.41. The molecule has 0 spiro atoms. The van der Waals surface area contributed by atoms with E-state index in [1.54, 1.807) is 0 Å². The van der Waals surface area contributed by atoms with Gasteiger partial charge in [0.1, 0.15) is 6.61 Å². The topological polar surface area (TPSA) is 29.5 Å². The Bertz CT molecular complexity index is 467. The monoisotopic (exact) mass is 215 g/mol. The second-order valence-corrected chi connectivity index (χ2v) is 4.30. The average Bonchev–Trinajstić information content (AvgIpc) is 2.67. The predicted octanol–water partition coefficient (Wildman–Crippen LogP) is 2.21. The molecule has 0 radical (unpaired) electrons. The van der Waals surface area contributed by atoms with Gasteiger partial charge in [-0.15, -0.1) is 0 Å². The lowest BCUT2D eigenvalue weighted by Gasteiger charge is -2.28. The average molecular weight is 215 g/mol. The number of cyclic esters (lactones) is 1. The van der Waals surface area contributed by atoms with Gasteiger partial charge in [0.05, 0.1) is 6.04 Å². The molecular formula is C13H13NO2. The number of benzene rings is 1. The summed E-state index contributed by atoms with van der Waals surface area (Å²) in [7, 11) is 0. The Morgan fingerprint density at radius 3 is 3.12 bits per heavy atom. The van der Waals surface area contributed by atoms with Crippen LogP contribution in [-0.4, -0.2) is 23.6 Å². The molecule has 2 aliphatic heterocycles. The van der Waals surface area contributed by atoms with Crippen LogP contribution in [0.3, 0.4) is 0 Å². The number of carbonyl (C=O) groups excluding carboxylic acids is 1. The van der Waals surface area contributed by atoms with Crippen LogP contribution < -0.4 is 0 Å². The fraction of sp³-hybridized carbons (Fsp3) is 0.308. The van der Waals surface area contributed by atoms with E-state index in [1.165, 1.54) is 11.1 Å². The molecule has 2 aliphatic rings. The van der Waals surface area contributed by atoms with Crippen LogP contribution in [0.4, 0.5) is 4.79 Å². The van der Waals surface area contributed by atoms with Crippen LogP contribution in [-0.2, 0) is 17.7 Å². The van der Waals surface area contributed by atoms with Gasteiger partial charge in [-0.05, 0) is 29.2 Å². The normalized spacial score (nSPS) is 22.4. The molecule has 0 unspecified atom stereocenters.